The molecule has 1 aromatic carbocycles. The quantitative estimate of drug-likeness (QED) is 0.807. The van der Waals surface area contributed by atoms with Gasteiger partial charge in [0.25, 0.3) is 0 Å². The smallest absolute Gasteiger partial charge is 0.319 e. The molecule has 2 amide bonds. The standard InChI is InChI=1S/C18H24N2O3/c1-11-8-12(2)16(13(3)9-11)20-17(21)19-10-18(5,22)15-7-6-14(4)23-15/h6-9,22H,10H2,1-5H3,(H2,19,20,21). The van der Waals surface area contributed by atoms with Crippen LogP contribution in [-0.4, -0.2) is 17.7 Å². The molecule has 5 nitrogen and oxygen atoms in total. The summed E-state index contributed by atoms with van der Waals surface area (Å²) in [5.41, 5.74) is 2.70. The third-order valence-electron chi connectivity index (χ3n) is 3.78. The Morgan fingerprint density at radius 2 is 1.78 bits per heavy atom. The molecule has 1 unspecified atom stereocenters. The average Bonchev–Trinajstić information content (AvgIpc) is 2.88. The van der Waals surface area contributed by atoms with Crippen LogP contribution in [0.1, 0.15) is 35.1 Å². The lowest BCUT2D eigenvalue weighted by Gasteiger charge is -2.22. The number of carbonyl (C=O) groups excluding carboxylic acids is 1. The minimum absolute atomic E-state index is 0.0513. The molecule has 0 saturated heterocycles. The predicted molar refractivity (Wildman–Crippen MR) is 90.7 cm³/mol. The molecule has 124 valence electrons. The highest BCUT2D eigenvalue weighted by Gasteiger charge is 2.27. The van der Waals surface area contributed by atoms with E-state index in [0.717, 1.165) is 28.1 Å². The van der Waals surface area contributed by atoms with Crippen molar-refractivity contribution >= 4 is 11.7 Å². The van der Waals surface area contributed by atoms with Gasteiger partial charge in [-0.2, -0.15) is 0 Å². The number of amides is 2. The highest BCUT2D eigenvalue weighted by Crippen LogP contribution is 2.23. The largest absolute Gasteiger partial charge is 0.463 e. The van der Waals surface area contributed by atoms with Crippen molar-refractivity contribution < 1.29 is 14.3 Å². The van der Waals surface area contributed by atoms with Crippen molar-refractivity contribution in [1.82, 2.24) is 5.32 Å². The second kappa shape index (κ2) is 6.46. The van der Waals surface area contributed by atoms with Crippen molar-refractivity contribution in [3.05, 3.63) is 52.5 Å². The lowest BCUT2D eigenvalue weighted by atomic mass is 10.0. The normalized spacial score (nSPS) is 13.5. The summed E-state index contributed by atoms with van der Waals surface area (Å²) in [5, 5.41) is 16.0. The van der Waals surface area contributed by atoms with Gasteiger partial charge in [-0.1, -0.05) is 17.7 Å². The van der Waals surface area contributed by atoms with Crippen LogP contribution in [0.2, 0.25) is 0 Å². The lowest BCUT2D eigenvalue weighted by molar-refractivity contribution is 0.0364. The van der Waals surface area contributed by atoms with Crippen LogP contribution in [0.3, 0.4) is 0 Å². The van der Waals surface area contributed by atoms with E-state index in [1.807, 2.05) is 39.8 Å². The number of aliphatic hydroxyl groups is 1. The minimum Gasteiger partial charge on any atom is -0.463 e. The molecule has 0 saturated carbocycles. The van der Waals surface area contributed by atoms with Crippen molar-refractivity contribution in [3.63, 3.8) is 0 Å². The van der Waals surface area contributed by atoms with Gasteiger partial charge in [-0.3, -0.25) is 0 Å². The van der Waals surface area contributed by atoms with Crippen molar-refractivity contribution in [2.24, 2.45) is 0 Å². The molecule has 2 rings (SSSR count). The fourth-order valence-electron chi connectivity index (χ4n) is 2.60. The van der Waals surface area contributed by atoms with Crippen LogP contribution >= 0.6 is 0 Å². The van der Waals surface area contributed by atoms with E-state index < -0.39 is 5.60 Å². The van der Waals surface area contributed by atoms with Gasteiger partial charge in [0.15, 0.2) is 0 Å². The summed E-state index contributed by atoms with van der Waals surface area (Å²) >= 11 is 0. The number of anilines is 1. The number of rotatable bonds is 4. The molecule has 2 aromatic rings. The molecule has 1 atom stereocenters. The molecular formula is C18H24N2O3. The SMILES string of the molecule is Cc1cc(C)c(NC(=O)NCC(C)(O)c2ccc(C)o2)c(C)c1. The van der Waals surface area contributed by atoms with Crippen LogP contribution in [0.4, 0.5) is 10.5 Å². The molecule has 1 heterocycles. The first-order valence-corrected chi connectivity index (χ1v) is 7.61. The first kappa shape index (κ1) is 17.1. The van der Waals surface area contributed by atoms with Gasteiger partial charge in [-0.05, 0) is 57.9 Å². The number of furan rings is 1. The molecule has 0 radical (unpaired) electrons. The monoisotopic (exact) mass is 316 g/mol. The van der Waals surface area contributed by atoms with Gasteiger partial charge >= 0.3 is 6.03 Å². The third-order valence-corrected chi connectivity index (χ3v) is 3.78. The molecule has 5 heteroatoms. The van der Waals surface area contributed by atoms with E-state index in [1.165, 1.54) is 0 Å². The molecule has 0 bridgehead atoms. The third kappa shape index (κ3) is 4.13. The first-order chi connectivity index (χ1) is 10.7. The Bertz CT molecular complexity index is 694. The molecule has 0 aliphatic heterocycles. The van der Waals surface area contributed by atoms with Gasteiger partial charge in [-0.15, -0.1) is 0 Å². The number of urea groups is 1. The highest BCUT2D eigenvalue weighted by atomic mass is 16.4. The van der Waals surface area contributed by atoms with Crippen LogP contribution in [0.15, 0.2) is 28.7 Å². The van der Waals surface area contributed by atoms with Crippen molar-refractivity contribution in [3.8, 4) is 0 Å². The number of hydrogen-bond donors (Lipinski definition) is 3. The Hall–Kier alpha value is -2.27. The number of hydrogen-bond acceptors (Lipinski definition) is 3. The van der Waals surface area contributed by atoms with E-state index in [1.54, 1.807) is 19.1 Å². The zero-order valence-corrected chi connectivity index (χ0v) is 14.3. The summed E-state index contributed by atoms with van der Waals surface area (Å²) in [4.78, 5) is 12.1. The van der Waals surface area contributed by atoms with E-state index in [2.05, 4.69) is 10.6 Å². The zero-order chi connectivity index (χ0) is 17.2. The van der Waals surface area contributed by atoms with E-state index in [0.29, 0.717) is 5.76 Å². The Morgan fingerprint density at radius 3 is 2.30 bits per heavy atom. The topological polar surface area (TPSA) is 74.5 Å². The zero-order valence-electron chi connectivity index (χ0n) is 14.3. The maximum Gasteiger partial charge on any atom is 0.319 e. The molecular weight excluding hydrogens is 292 g/mol. The van der Waals surface area contributed by atoms with Crippen LogP contribution in [0.5, 0.6) is 0 Å². The summed E-state index contributed by atoms with van der Waals surface area (Å²) in [6.07, 6.45) is 0. The van der Waals surface area contributed by atoms with E-state index >= 15 is 0 Å². The highest BCUT2D eigenvalue weighted by molar-refractivity contribution is 5.91. The Balaban J connectivity index is 2.01. The van der Waals surface area contributed by atoms with Gasteiger partial charge in [0, 0.05) is 5.69 Å². The molecule has 0 fully saturated rings. The molecule has 0 aliphatic carbocycles. The maximum absolute atomic E-state index is 12.1. The van der Waals surface area contributed by atoms with E-state index in [9.17, 15) is 9.90 Å². The molecule has 3 N–H and O–H groups in total. The van der Waals surface area contributed by atoms with Crippen LogP contribution in [-0.2, 0) is 5.60 Å². The second-order valence-corrected chi connectivity index (χ2v) is 6.27. The molecule has 0 aliphatic rings. The summed E-state index contributed by atoms with van der Waals surface area (Å²) in [6, 6.07) is 7.17. The van der Waals surface area contributed by atoms with Crippen molar-refractivity contribution in [2.45, 2.75) is 40.2 Å². The van der Waals surface area contributed by atoms with Crippen molar-refractivity contribution in [2.75, 3.05) is 11.9 Å². The van der Waals surface area contributed by atoms with Gasteiger partial charge < -0.3 is 20.2 Å². The van der Waals surface area contributed by atoms with Crippen LogP contribution in [0, 0.1) is 27.7 Å². The number of carbonyl (C=O) groups is 1. The fraction of sp³-hybridized carbons (Fsp3) is 0.389. The number of aryl methyl sites for hydroxylation is 4. The number of benzene rings is 1. The molecule has 1 aromatic heterocycles. The van der Waals surface area contributed by atoms with Gasteiger partial charge in [0.05, 0.1) is 6.54 Å². The summed E-state index contributed by atoms with van der Waals surface area (Å²) in [7, 11) is 0. The minimum atomic E-state index is -1.26. The maximum atomic E-state index is 12.1. The predicted octanol–water partition coefficient (Wildman–Crippen LogP) is 3.54. The summed E-state index contributed by atoms with van der Waals surface area (Å²) in [6.45, 7) is 9.40. The average molecular weight is 316 g/mol. The van der Waals surface area contributed by atoms with Gasteiger partial charge in [0.2, 0.25) is 0 Å². The van der Waals surface area contributed by atoms with Gasteiger partial charge in [0.1, 0.15) is 17.1 Å². The van der Waals surface area contributed by atoms with Gasteiger partial charge in [-0.25, -0.2) is 4.79 Å². The Labute approximate surface area is 136 Å². The second-order valence-electron chi connectivity index (χ2n) is 6.27. The summed E-state index contributed by atoms with van der Waals surface area (Å²) in [5.74, 6) is 1.15. The fourth-order valence-corrected chi connectivity index (χ4v) is 2.60. The lowest BCUT2D eigenvalue weighted by Crippen LogP contribution is -2.40. The Morgan fingerprint density at radius 1 is 1.17 bits per heavy atom. The Kier molecular flexibility index (Phi) is 4.80. The molecule has 0 spiro atoms. The van der Waals surface area contributed by atoms with Crippen LogP contribution in [0.25, 0.3) is 0 Å². The van der Waals surface area contributed by atoms with Crippen molar-refractivity contribution in [1.29, 1.82) is 0 Å². The number of nitrogens with one attached hydrogen (secondary N) is 2. The molecule has 23 heavy (non-hydrogen) atoms. The van der Waals surface area contributed by atoms with Crippen LogP contribution < -0.4 is 10.6 Å². The first-order valence-electron chi connectivity index (χ1n) is 7.61. The summed E-state index contributed by atoms with van der Waals surface area (Å²) < 4.78 is 5.43. The van der Waals surface area contributed by atoms with E-state index in [4.69, 9.17) is 4.42 Å². The van der Waals surface area contributed by atoms with E-state index in [-0.39, 0.29) is 12.6 Å².